The SMILES string of the molecule is CC(C)(C)C1CCN(C(=O)N[C@H](CC(N)=O)C(=O)O)C1. The lowest BCUT2D eigenvalue weighted by Crippen LogP contribution is -2.48. The molecule has 0 aromatic carbocycles. The van der Waals surface area contributed by atoms with Crippen LogP contribution in [-0.2, 0) is 9.59 Å². The molecule has 0 bridgehead atoms. The molecule has 0 saturated carbocycles. The zero-order valence-electron chi connectivity index (χ0n) is 12.2. The Bertz CT molecular complexity index is 403. The lowest BCUT2D eigenvalue weighted by molar-refractivity contribution is -0.140. The van der Waals surface area contributed by atoms with Crippen LogP contribution in [0.5, 0.6) is 0 Å². The van der Waals surface area contributed by atoms with Gasteiger partial charge in [-0.25, -0.2) is 9.59 Å². The molecule has 0 aliphatic carbocycles. The first kappa shape index (κ1) is 16.3. The second-order valence-electron chi connectivity index (χ2n) is 6.31. The highest BCUT2D eigenvalue weighted by Crippen LogP contribution is 2.33. The van der Waals surface area contributed by atoms with Crippen LogP contribution in [0.4, 0.5) is 4.79 Å². The molecule has 0 spiro atoms. The Morgan fingerprint density at radius 3 is 2.40 bits per heavy atom. The Hall–Kier alpha value is -1.79. The number of amides is 3. The first-order valence-corrected chi connectivity index (χ1v) is 6.68. The third-order valence-electron chi connectivity index (χ3n) is 3.70. The maximum absolute atomic E-state index is 12.0. The summed E-state index contributed by atoms with van der Waals surface area (Å²) in [6.07, 6.45) is 0.488. The van der Waals surface area contributed by atoms with Gasteiger partial charge in [0.2, 0.25) is 5.91 Å². The molecule has 1 rings (SSSR count). The van der Waals surface area contributed by atoms with E-state index in [1.807, 2.05) is 0 Å². The quantitative estimate of drug-likeness (QED) is 0.693. The number of rotatable bonds is 4. The van der Waals surface area contributed by atoms with E-state index in [9.17, 15) is 14.4 Å². The molecule has 1 aliphatic heterocycles. The summed E-state index contributed by atoms with van der Waals surface area (Å²) in [5.41, 5.74) is 5.08. The van der Waals surface area contributed by atoms with E-state index in [0.717, 1.165) is 6.42 Å². The van der Waals surface area contributed by atoms with Gasteiger partial charge >= 0.3 is 12.0 Å². The maximum Gasteiger partial charge on any atom is 0.326 e. The van der Waals surface area contributed by atoms with Gasteiger partial charge in [0.1, 0.15) is 6.04 Å². The fourth-order valence-electron chi connectivity index (χ4n) is 2.29. The third-order valence-corrected chi connectivity index (χ3v) is 3.70. The van der Waals surface area contributed by atoms with Gasteiger partial charge in [-0.1, -0.05) is 20.8 Å². The van der Waals surface area contributed by atoms with Crippen molar-refractivity contribution in [2.45, 2.75) is 39.7 Å². The van der Waals surface area contributed by atoms with Crippen molar-refractivity contribution >= 4 is 17.9 Å². The zero-order valence-corrected chi connectivity index (χ0v) is 12.2. The average molecular weight is 285 g/mol. The van der Waals surface area contributed by atoms with E-state index in [1.165, 1.54) is 0 Å². The molecule has 7 nitrogen and oxygen atoms in total. The van der Waals surface area contributed by atoms with Crippen molar-refractivity contribution < 1.29 is 19.5 Å². The fraction of sp³-hybridized carbons (Fsp3) is 0.769. The van der Waals surface area contributed by atoms with E-state index in [1.54, 1.807) is 4.90 Å². The van der Waals surface area contributed by atoms with Crippen LogP contribution in [0.15, 0.2) is 0 Å². The minimum Gasteiger partial charge on any atom is -0.480 e. The van der Waals surface area contributed by atoms with Crippen molar-refractivity contribution in [3.63, 3.8) is 0 Å². The predicted molar refractivity (Wildman–Crippen MR) is 72.9 cm³/mol. The van der Waals surface area contributed by atoms with Crippen LogP contribution in [0.1, 0.15) is 33.6 Å². The second kappa shape index (κ2) is 6.11. The summed E-state index contributed by atoms with van der Waals surface area (Å²) in [7, 11) is 0. The van der Waals surface area contributed by atoms with Crippen molar-refractivity contribution in [2.24, 2.45) is 17.1 Å². The van der Waals surface area contributed by atoms with E-state index < -0.39 is 30.4 Å². The topological polar surface area (TPSA) is 113 Å². The molecule has 1 fully saturated rings. The van der Waals surface area contributed by atoms with Gasteiger partial charge in [-0.2, -0.15) is 0 Å². The summed E-state index contributed by atoms with van der Waals surface area (Å²) >= 11 is 0. The molecule has 4 N–H and O–H groups in total. The first-order chi connectivity index (χ1) is 9.11. The molecular formula is C13H23N3O4. The zero-order chi connectivity index (χ0) is 15.5. The van der Waals surface area contributed by atoms with E-state index in [4.69, 9.17) is 10.8 Å². The number of urea groups is 1. The second-order valence-corrected chi connectivity index (χ2v) is 6.31. The van der Waals surface area contributed by atoms with Gasteiger partial charge in [-0.15, -0.1) is 0 Å². The van der Waals surface area contributed by atoms with Crippen LogP contribution in [-0.4, -0.2) is 47.0 Å². The molecule has 1 heterocycles. The number of carbonyl (C=O) groups excluding carboxylic acids is 2. The van der Waals surface area contributed by atoms with Gasteiger partial charge in [-0.05, 0) is 17.8 Å². The highest BCUT2D eigenvalue weighted by Gasteiger charge is 2.35. The average Bonchev–Trinajstić information content (AvgIpc) is 2.75. The lowest BCUT2D eigenvalue weighted by atomic mass is 9.80. The number of primary amides is 1. The summed E-state index contributed by atoms with van der Waals surface area (Å²) in [6.45, 7) is 7.54. The molecule has 20 heavy (non-hydrogen) atoms. The standard InChI is InChI=1S/C13H23N3O4/c1-13(2,3)8-4-5-16(7-8)12(20)15-9(11(18)19)6-10(14)17/h8-9H,4-7H2,1-3H3,(H2,14,17)(H,15,20)(H,18,19)/t8?,9-/m1/s1. The van der Waals surface area contributed by atoms with Crippen molar-refractivity contribution in [3.05, 3.63) is 0 Å². The lowest BCUT2D eigenvalue weighted by Gasteiger charge is -2.27. The van der Waals surface area contributed by atoms with Gasteiger partial charge in [0.15, 0.2) is 0 Å². The van der Waals surface area contributed by atoms with Crippen molar-refractivity contribution in [1.29, 1.82) is 0 Å². The number of carbonyl (C=O) groups is 3. The highest BCUT2D eigenvalue weighted by molar-refractivity contribution is 5.87. The number of carboxylic acids is 1. The summed E-state index contributed by atoms with van der Waals surface area (Å²) < 4.78 is 0. The van der Waals surface area contributed by atoms with Gasteiger partial charge in [0.05, 0.1) is 6.42 Å². The molecule has 114 valence electrons. The van der Waals surface area contributed by atoms with E-state index in [0.29, 0.717) is 19.0 Å². The molecule has 1 aliphatic rings. The Balaban J connectivity index is 2.58. The van der Waals surface area contributed by atoms with Gasteiger partial charge < -0.3 is 21.1 Å². The Morgan fingerprint density at radius 1 is 1.40 bits per heavy atom. The molecule has 0 radical (unpaired) electrons. The number of nitrogens with two attached hydrogens (primary N) is 1. The van der Waals surface area contributed by atoms with Crippen molar-refractivity contribution in [1.82, 2.24) is 10.2 Å². The first-order valence-electron chi connectivity index (χ1n) is 6.68. The number of nitrogens with zero attached hydrogens (tertiary/aromatic N) is 1. The Kier molecular flexibility index (Phi) is 4.97. The van der Waals surface area contributed by atoms with Crippen LogP contribution >= 0.6 is 0 Å². The molecule has 0 aromatic rings. The van der Waals surface area contributed by atoms with E-state index >= 15 is 0 Å². The number of aliphatic carboxylic acids is 1. The van der Waals surface area contributed by atoms with E-state index in [2.05, 4.69) is 26.1 Å². The Labute approximate surface area is 118 Å². The Morgan fingerprint density at radius 2 is 2.00 bits per heavy atom. The maximum atomic E-state index is 12.0. The monoisotopic (exact) mass is 285 g/mol. The van der Waals surface area contributed by atoms with Crippen LogP contribution in [0.3, 0.4) is 0 Å². The molecule has 7 heteroatoms. The van der Waals surface area contributed by atoms with Crippen LogP contribution in [0.25, 0.3) is 0 Å². The molecule has 1 saturated heterocycles. The smallest absolute Gasteiger partial charge is 0.326 e. The van der Waals surface area contributed by atoms with Gasteiger partial charge in [-0.3, -0.25) is 4.79 Å². The molecule has 0 aromatic heterocycles. The summed E-state index contributed by atoms with van der Waals surface area (Å²) in [5, 5.41) is 11.3. The number of carboxylic acid groups (broad SMARTS) is 1. The van der Waals surface area contributed by atoms with Gasteiger partial charge in [0, 0.05) is 13.1 Å². The normalized spacial score (nSPS) is 20.6. The minimum absolute atomic E-state index is 0.106. The van der Waals surface area contributed by atoms with E-state index in [-0.39, 0.29) is 5.41 Å². The summed E-state index contributed by atoms with van der Waals surface area (Å²) in [6, 6.07) is -1.72. The molecular weight excluding hydrogens is 262 g/mol. The summed E-state index contributed by atoms with van der Waals surface area (Å²) in [5.74, 6) is -1.64. The van der Waals surface area contributed by atoms with Gasteiger partial charge in [0.25, 0.3) is 0 Å². The minimum atomic E-state index is -1.27. The molecule has 3 amide bonds. The van der Waals surface area contributed by atoms with Crippen molar-refractivity contribution in [3.8, 4) is 0 Å². The van der Waals surface area contributed by atoms with Crippen LogP contribution in [0.2, 0.25) is 0 Å². The number of hydrogen-bond acceptors (Lipinski definition) is 3. The largest absolute Gasteiger partial charge is 0.480 e. The molecule has 1 unspecified atom stereocenters. The summed E-state index contributed by atoms with van der Waals surface area (Å²) in [4.78, 5) is 35.4. The third kappa shape index (κ3) is 4.40. The number of likely N-dealkylation sites (tertiary alicyclic amines) is 1. The van der Waals surface area contributed by atoms with Crippen LogP contribution in [0, 0.1) is 11.3 Å². The number of hydrogen-bond donors (Lipinski definition) is 3. The highest BCUT2D eigenvalue weighted by atomic mass is 16.4. The fourth-order valence-corrected chi connectivity index (χ4v) is 2.29. The molecule has 2 atom stereocenters. The predicted octanol–water partition coefficient (Wildman–Crippen LogP) is 0.393. The van der Waals surface area contributed by atoms with Crippen molar-refractivity contribution in [2.75, 3.05) is 13.1 Å². The number of nitrogens with one attached hydrogen (secondary N) is 1. The van der Waals surface area contributed by atoms with Crippen LogP contribution < -0.4 is 11.1 Å².